The normalized spacial score (nSPS) is 33.9. The fourth-order valence-electron chi connectivity index (χ4n) is 4.02. The molecule has 0 bridgehead atoms. The van der Waals surface area contributed by atoms with E-state index >= 15 is 0 Å². The fourth-order valence-corrected chi connectivity index (χ4v) is 4.81. The zero-order valence-corrected chi connectivity index (χ0v) is 14.0. The average molecular weight is 306 g/mol. The molecular weight excluding hydrogens is 280 g/mol. The summed E-state index contributed by atoms with van der Waals surface area (Å²) in [5, 5.41) is 5.60. The molecule has 21 heavy (non-hydrogen) atoms. The molecule has 2 fully saturated rings. The highest BCUT2D eigenvalue weighted by Crippen LogP contribution is 2.40. The predicted octanol–water partition coefficient (Wildman–Crippen LogP) is 3.78. The third-order valence-electron chi connectivity index (χ3n) is 5.12. The topological polar surface area (TPSA) is 32.3 Å². The van der Waals surface area contributed by atoms with E-state index < -0.39 is 0 Å². The average Bonchev–Trinajstić information content (AvgIpc) is 3.08. The number of carbonyl (C=O) groups excluding carboxylic acids is 1. The highest BCUT2D eigenvalue weighted by atomic mass is 32.1. The summed E-state index contributed by atoms with van der Waals surface area (Å²) < 4.78 is 0. The molecule has 3 nitrogen and oxygen atoms in total. The van der Waals surface area contributed by atoms with Gasteiger partial charge in [0, 0.05) is 10.9 Å². The number of nitrogens with one attached hydrogen (secondary N) is 1. The van der Waals surface area contributed by atoms with Crippen LogP contribution in [0.3, 0.4) is 0 Å². The predicted molar refractivity (Wildman–Crippen MR) is 87.1 cm³/mol. The molecule has 1 aromatic heterocycles. The number of nitrogens with zero attached hydrogens (tertiary/aromatic N) is 1. The maximum absolute atomic E-state index is 12.7. The van der Waals surface area contributed by atoms with Crippen LogP contribution in [0.2, 0.25) is 0 Å². The first kappa shape index (κ1) is 15.0. The summed E-state index contributed by atoms with van der Waals surface area (Å²) in [6, 6.07) is 4.56. The minimum absolute atomic E-state index is 0.0631. The van der Waals surface area contributed by atoms with Crippen molar-refractivity contribution in [3.63, 3.8) is 0 Å². The molecule has 1 aromatic rings. The van der Waals surface area contributed by atoms with Crippen LogP contribution in [0.1, 0.15) is 57.5 Å². The van der Waals surface area contributed by atoms with Crippen molar-refractivity contribution in [3.05, 3.63) is 22.4 Å². The Morgan fingerprint density at radius 2 is 2.10 bits per heavy atom. The smallest absolute Gasteiger partial charge is 0.241 e. The first-order chi connectivity index (χ1) is 10.1. The quantitative estimate of drug-likeness (QED) is 0.921. The molecule has 2 heterocycles. The summed E-state index contributed by atoms with van der Waals surface area (Å²) in [7, 11) is 0. The first-order valence-corrected chi connectivity index (χ1v) is 9.09. The molecule has 1 N–H and O–H groups in total. The highest BCUT2D eigenvalue weighted by molar-refractivity contribution is 7.10. The Hall–Kier alpha value is -0.870. The van der Waals surface area contributed by atoms with E-state index in [1.165, 1.54) is 24.1 Å². The molecule has 3 rings (SSSR count). The van der Waals surface area contributed by atoms with E-state index in [4.69, 9.17) is 0 Å². The molecule has 1 saturated carbocycles. The molecule has 1 amide bonds. The van der Waals surface area contributed by atoms with Gasteiger partial charge in [-0.2, -0.15) is 0 Å². The van der Waals surface area contributed by atoms with Crippen LogP contribution in [0.4, 0.5) is 0 Å². The Morgan fingerprint density at radius 3 is 2.76 bits per heavy atom. The lowest BCUT2D eigenvalue weighted by atomic mass is 9.77. The monoisotopic (exact) mass is 306 g/mol. The second kappa shape index (κ2) is 6.09. The second-order valence-corrected chi connectivity index (χ2v) is 7.79. The molecule has 1 aliphatic heterocycles. The van der Waals surface area contributed by atoms with Crippen LogP contribution >= 0.6 is 11.3 Å². The first-order valence-electron chi connectivity index (χ1n) is 8.21. The Balaban J connectivity index is 1.90. The van der Waals surface area contributed by atoms with E-state index in [0.29, 0.717) is 17.9 Å². The van der Waals surface area contributed by atoms with E-state index in [9.17, 15) is 4.79 Å². The van der Waals surface area contributed by atoms with Crippen molar-refractivity contribution in [1.82, 2.24) is 10.2 Å². The third-order valence-corrected chi connectivity index (χ3v) is 6.04. The van der Waals surface area contributed by atoms with Gasteiger partial charge in [-0.25, -0.2) is 0 Å². The molecule has 1 aliphatic carbocycles. The van der Waals surface area contributed by atoms with Crippen LogP contribution in [-0.2, 0) is 4.79 Å². The molecule has 0 aromatic carbocycles. The summed E-state index contributed by atoms with van der Waals surface area (Å²) in [5.41, 5.74) is 0. The SMILES string of the molecule is CC1NC(c2cccs2)N(C2CCCCC2C(C)C)C1=O. The number of carbonyl (C=O) groups is 1. The Labute approximate surface area is 131 Å². The van der Waals surface area contributed by atoms with Crippen molar-refractivity contribution < 1.29 is 4.79 Å². The number of amides is 1. The maximum Gasteiger partial charge on any atom is 0.241 e. The molecule has 2 aliphatic rings. The zero-order valence-electron chi connectivity index (χ0n) is 13.2. The van der Waals surface area contributed by atoms with Crippen molar-refractivity contribution in [2.45, 2.75) is 64.7 Å². The Kier molecular flexibility index (Phi) is 4.36. The van der Waals surface area contributed by atoms with E-state index in [1.807, 2.05) is 6.92 Å². The highest BCUT2D eigenvalue weighted by Gasteiger charge is 2.45. The van der Waals surface area contributed by atoms with Gasteiger partial charge in [0.2, 0.25) is 5.91 Å². The fraction of sp³-hybridized carbons (Fsp3) is 0.706. The van der Waals surface area contributed by atoms with Crippen LogP contribution in [0.5, 0.6) is 0 Å². The Morgan fingerprint density at radius 1 is 1.33 bits per heavy atom. The number of rotatable bonds is 3. The lowest BCUT2D eigenvalue weighted by Crippen LogP contribution is -2.47. The zero-order chi connectivity index (χ0) is 15.0. The van der Waals surface area contributed by atoms with Gasteiger partial charge in [0.15, 0.2) is 0 Å². The van der Waals surface area contributed by atoms with Crippen LogP contribution in [0.25, 0.3) is 0 Å². The molecular formula is C17H26N2OS. The van der Waals surface area contributed by atoms with Crippen molar-refractivity contribution in [1.29, 1.82) is 0 Å². The van der Waals surface area contributed by atoms with Crippen molar-refractivity contribution in [2.24, 2.45) is 11.8 Å². The van der Waals surface area contributed by atoms with Gasteiger partial charge in [-0.3, -0.25) is 10.1 Å². The van der Waals surface area contributed by atoms with E-state index in [2.05, 4.69) is 41.6 Å². The van der Waals surface area contributed by atoms with Gasteiger partial charge in [-0.15, -0.1) is 11.3 Å². The van der Waals surface area contributed by atoms with Gasteiger partial charge in [0.25, 0.3) is 0 Å². The van der Waals surface area contributed by atoms with Gasteiger partial charge >= 0.3 is 0 Å². The second-order valence-electron chi connectivity index (χ2n) is 6.81. The van der Waals surface area contributed by atoms with Crippen LogP contribution < -0.4 is 5.32 Å². The lowest BCUT2D eigenvalue weighted by molar-refractivity contribution is -0.134. The molecule has 4 unspecified atom stereocenters. The summed E-state index contributed by atoms with van der Waals surface area (Å²) in [6.07, 6.45) is 5.07. The maximum atomic E-state index is 12.7. The van der Waals surface area contributed by atoms with Gasteiger partial charge in [0.1, 0.15) is 6.17 Å². The van der Waals surface area contributed by atoms with Gasteiger partial charge in [-0.05, 0) is 43.0 Å². The number of hydrogen-bond donors (Lipinski definition) is 1. The minimum atomic E-state index is -0.0631. The molecule has 4 atom stereocenters. The molecule has 1 saturated heterocycles. The summed E-state index contributed by atoms with van der Waals surface area (Å²) in [4.78, 5) is 16.2. The van der Waals surface area contributed by atoms with Crippen molar-refractivity contribution in [3.8, 4) is 0 Å². The van der Waals surface area contributed by atoms with Gasteiger partial charge < -0.3 is 4.90 Å². The summed E-state index contributed by atoms with van der Waals surface area (Å²) >= 11 is 1.75. The van der Waals surface area contributed by atoms with Crippen molar-refractivity contribution in [2.75, 3.05) is 0 Å². The van der Waals surface area contributed by atoms with E-state index in [-0.39, 0.29) is 18.1 Å². The van der Waals surface area contributed by atoms with Crippen LogP contribution in [0.15, 0.2) is 17.5 Å². The standard InChI is InChI=1S/C17H26N2OS/c1-11(2)13-7-4-5-8-14(13)19-16(15-9-6-10-21-15)18-12(3)17(19)20/h6,9-14,16,18H,4-5,7-8H2,1-3H3. The number of hydrogen-bond acceptors (Lipinski definition) is 3. The number of thiophene rings is 1. The van der Waals surface area contributed by atoms with Crippen LogP contribution in [0, 0.1) is 11.8 Å². The van der Waals surface area contributed by atoms with E-state index in [0.717, 1.165) is 6.42 Å². The summed E-state index contributed by atoms with van der Waals surface area (Å²) in [6.45, 7) is 6.61. The van der Waals surface area contributed by atoms with Crippen LogP contribution in [-0.4, -0.2) is 22.9 Å². The molecule has 116 valence electrons. The summed E-state index contributed by atoms with van der Waals surface area (Å²) in [5.74, 6) is 1.56. The largest absolute Gasteiger partial charge is 0.317 e. The lowest BCUT2D eigenvalue weighted by Gasteiger charge is -2.42. The third kappa shape index (κ3) is 2.76. The molecule has 0 radical (unpaired) electrons. The van der Waals surface area contributed by atoms with Crippen molar-refractivity contribution >= 4 is 17.2 Å². The minimum Gasteiger partial charge on any atom is -0.317 e. The Bertz CT molecular complexity index is 485. The van der Waals surface area contributed by atoms with Gasteiger partial charge in [-0.1, -0.05) is 32.8 Å². The molecule has 0 spiro atoms. The van der Waals surface area contributed by atoms with E-state index in [1.54, 1.807) is 11.3 Å². The van der Waals surface area contributed by atoms with Gasteiger partial charge in [0.05, 0.1) is 6.04 Å². The molecule has 4 heteroatoms.